The molecule has 0 bridgehead atoms. The average molecular weight is 383 g/mol. The maximum Gasteiger partial charge on any atom is 0.259 e. The van der Waals surface area contributed by atoms with E-state index < -0.39 is 0 Å². The van der Waals surface area contributed by atoms with E-state index in [4.69, 9.17) is 16.3 Å². The Morgan fingerprint density at radius 3 is 2.89 bits per heavy atom. The van der Waals surface area contributed by atoms with Crippen molar-refractivity contribution >= 4 is 40.3 Å². The molecule has 3 aromatic rings. The summed E-state index contributed by atoms with van der Waals surface area (Å²) in [5.74, 6) is 0.371. The van der Waals surface area contributed by atoms with E-state index >= 15 is 0 Å². The van der Waals surface area contributed by atoms with Crippen LogP contribution >= 0.6 is 11.6 Å². The molecule has 0 aliphatic carbocycles. The second-order valence-corrected chi connectivity index (χ2v) is 6.27. The largest absolute Gasteiger partial charge is 0.495 e. The molecule has 1 amide bonds. The Morgan fingerprint density at radius 1 is 1.26 bits per heavy atom. The van der Waals surface area contributed by atoms with Gasteiger partial charge in [0.05, 0.1) is 31.1 Å². The van der Waals surface area contributed by atoms with Crippen molar-refractivity contribution in [2.75, 3.05) is 19.0 Å². The first-order chi connectivity index (χ1) is 13.1. The second-order valence-electron chi connectivity index (χ2n) is 5.91. The Labute approximate surface area is 162 Å². The number of benzene rings is 2. The van der Waals surface area contributed by atoms with Gasteiger partial charge >= 0.3 is 0 Å². The van der Waals surface area contributed by atoms with Crippen LogP contribution in [0.3, 0.4) is 0 Å². The standard InChI is InChI=1S/C20H19ClN4O2/c1-13-7-8-14-10-15(20(21)24-17(14)9-13)11-23-25-19(26)12-22-16-5-3-4-6-18(16)27-2/h3-11,22H,12H2,1-2H3,(H,25,26)/b23-11-. The number of hydrazone groups is 1. The first kappa shape index (κ1) is 18.7. The van der Waals surface area contributed by atoms with E-state index in [0.29, 0.717) is 16.5 Å². The number of nitrogens with one attached hydrogen (secondary N) is 2. The lowest BCUT2D eigenvalue weighted by Crippen LogP contribution is -2.26. The van der Waals surface area contributed by atoms with Gasteiger partial charge in [-0.25, -0.2) is 10.4 Å². The lowest BCUT2D eigenvalue weighted by atomic mass is 10.1. The molecule has 0 aliphatic rings. The molecule has 0 fully saturated rings. The molecule has 3 rings (SSSR count). The molecule has 7 heteroatoms. The number of carbonyl (C=O) groups excluding carboxylic acids is 1. The Hall–Kier alpha value is -3.12. The number of pyridine rings is 1. The SMILES string of the molecule is COc1ccccc1NCC(=O)N/N=C\c1cc2ccc(C)cc2nc1Cl. The summed E-state index contributed by atoms with van der Waals surface area (Å²) in [6.07, 6.45) is 1.48. The van der Waals surface area contributed by atoms with Gasteiger partial charge in [0, 0.05) is 10.9 Å². The number of hydrogen-bond donors (Lipinski definition) is 2. The predicted molar refractivity (Wildman–Crippen MR) is 109 cm³/mol. The highest BCUT2D eigenvalue weighted by atomic mass is 35.5. The van der Waals surface area contributed by atoms with E-state index in [2.05, 4.69) is 20.8 Å². The fraction of sp³-hybridized carbons (Fsp3) is 0.150. The van der Waals surface area contributed by atoms with E-state index in [0.717, 1.165) is 22.2 Å². The van der Waals surface area contributed by atoms with Gasteiger partial charge < -0.3 is 10.1 Å². The summed E-state index contributed by atoms with van der Waals surface area (Å²) < 4.78 is 5.23. The number of methoxy groups -OCH3 is 1. The van der Waals surface area contributed by atoms with E-state index in [1.165, 1.54) is 6.21 Å². The molecule has 0 radical (unpaired) electrons. The van der Waals surface area contributed by atoms with Gasteiger partial charge in [0.15, 0.2) is 0 Å². The number of halogens is 1. The monoisotopic (exact) mass is 382 g/mol. The number of carbonyl (C=O) groups is 1. The van der Waals surface area contributed by atoms with Crippen LogP contribution in [0.25, 0.3) is 10.9 Å². The first-order valence-electron chi connectivity index (χ1n) is 8.32. The summed E-state index contributed by atoms with van der Waals surface area (Å²) >= 11 is 6.20. The van der Waals surface area contributed by atoms with Gasteiger partial charge in [0.2, 0.25) is 0 Å². The maximum absolute atomic E-state index is 12.0. The molecule has 0 aliphatic heterocycles. The highest BCUT2D eigenvalue weighted by molar-refractivity contribution is 6.32. The molecule has 0 spiro atoms. The topological polar surface area (TPSA) is 75.6 Å². The van der Waals surface area contributed by atoms with Gasteiger partial charge in [-0.05, 0) is 36.8 Å². The zero-order valence-corrected chi connectivity index (χ0v) is 15.7. The van der Waals surface area contributed by atoms with Crippen molar-refractivity contribution in [2.24, 2.45) is 5.10 Å². The summed E-state index contributed by atoms with van der Waals surface area (Å²) in [6, 6.07) is 15.2. The summed E-state index contributed by atoms with van der Waals surface area (Å²) in [7, 11) is 1.58. The van der Waals surface area contributed by atoms with Crippen LogP contribution in [-0.2, 0) is 4.79 Å². The summed E-state index contributed by atoms with van der Waals surface area (Å²) in [6.45, 7) is 2.06. The molecular formula is C20H19ClN4O2. The fourth-order valence-electron chi connectivity index (χ4n) is 2.54. The van der Waals surface area contributed by atoms with Crippen LogP contribution in [0.1, 0.15) is 11.1 Å². The molecular weight excluding hydrogens is 364 g/mol. The molecule has 0 atom stereocenters. The summed E-state index contributed by atoms with van der Waals surface area (Å²) in [5.41, 5.74) is 5.76. The number of aromatic nitrogens is 1. The predicted octanol–water partition coefficient (Wildman–Crippen LogP) is 3.77. The molecule has 1 heterocycles. The number of ether oxygens (including phenoxy) is 1. The van der Waals surface area contributed by atoms with Gasteiger partial charge in [0.1, 0.15) is 10.9 Å². The van der Waals surface area contributed by atoms with Crippen LogP contribution in [0.2, 0.25) is 5.15 Å². The molecule has 0 saturated carbocycles. The lowest BCUT2D eigenvalue weighted by Gasteiger charge is -2.09. The number of rotatable bonds is 6. The third-order valence-corrected chi connectivity index (χ3v) is 4.20. The summed E-state index contributed by atoms with van der Waals surface area (Å²) in [4.78, 5) is 16.3. The maximum atomic E-state index is 12.0. The van der Waals surface area contributed by atoms with Crippen molar-refractivity contribution in [3.63, 3.8) is 0 Å². The molecule has 1 aromatic heterocycles. The summed E-state index contributed by atoms with van der Waals surface area (Å²) in [5, 5.41) is 8.25. The smallest absolute Gasteiger partial charge is 0.259 e. The van der Waals surface area contributed by atoms with E-state index in [1.54, 1.807) is 7.11 Å². The van der Waals surface area contributed by atoms with E-state index in [9.17, 15) is 4.79 Å². The van der Waals surface area contributed by atoms with Crippen molar-refractivity contribution in [3.05, 3.63) is 64.8 Å². The van der Waals surface area contributed by atoms with Crippen molar-refractivity contribution in [1.82, 2.24) is 10.4 Å². The minimum Gasteiger partial charge on any atom is -0.495 e. The number of anilines is 1. The molecule has 0 unspecified atom stereocenters. The normalized spacial score (nSPS) is 10.9. The molecule has 2 N–H and O–H groups in total. The minimum atomic E-state index is -0.294. The number of para-hydroxylation sites is 2. The third-order valence-electron chi connectivity index (χ3n) is 3.89. The minimum absolute atomic E-state index is 0.0562. The number of aryl methyl sites for hydroxylation is 1. The number of amides is 1. The lowest BCUT2D eigenvalue weighted by molar-refractivity contribution is -0.119. The second kappa shape index (κ2) is 8.51. The van der Waals surface area contributed by atoms with Gasteiger partial charge in [0.25, 0.3) is 5.91 Å². The van der Waals surface area contributed by atoms with Crippen LogP contribution in [0.5, 0.6) is 5.75 Å². The third kappa shape index (κ3) is 4.74. The van der Waals surface area contributed by atoms with Crippen molar-refractivity contribution in [1.29, 1.82) is 0 Å². The quantitative estimate of drug-likeness (QED) is 0.386. The highest BCUT2D eigenvalue weighted by Gasteiger charge is 2.05. The Bertz CT molecular complexity index is 1000. The van der Waals surface area contributed by atoms with E-state index in [-0.39, 0.29) is 12.5 Å². The van der Waals surface area contributed by atoms with Crippen LogP contribution in [-0.4, -0.2) is 30.8 Å². The average Bonchev–Trinajstić information content (AvgIpc) is 2.67. The van der Waals surface area contributed by atoms with Gasteiger partial charge in [-0.3, -0.25) is 4.79 Å². The van der Waals surface area contributed by atoms with Crippen LogP contribution in [0, 0.1) is 6.92 Å². The van der Waals surface area contributed by atoms with Crippen molar-refractivity contribution in [3.8, 4) is 5.75 Å². The number of nitrogens with zero attached hydrogens (tertiary/aromatic N) is 2. The Balaban J connectivity index is 1.61. The van der Waals surface area contributed by atoms with Crippen molar-refractivity contribution < 1.29 is 9.53 Å². The van der Waals surface area contributed by atoms with Crippen LogP contribution in [0.4, 0.5) is 5.69 Å². The number of fused-ring (bicyclic) bond motifs is 1. The highest BCUT2D eigenvalue weighted by Crippen LogP contribution is 2.22. The van der Waals surface area contributed by atoms with Gasteiger partial charge in [-0.15, -0.1) is 0 Å². The first-order valence-corrected chi connectivity index (χ1v) is 8.70. The van der Waals surface area contributed by atoms with E-state index in [1.807, 2.05) is 55.5 Å². The van der Waals surface area contributed by atoms with Gasteiger partial charge in [-0.1, -0.05) is 35.9 Å². The molecule has 138 valence electrons. The van der Waals surface area contributed by atoms with Crippen LogP contribution < -0.4 is 15.5 Å². The molecule has 0 saturated heterocycles. The molecule has 2 aromatic carbocycles. The Kier molecular flexibility index (Phi) is 5.88. The zero-order chi connectivity index (χ0) is 19.2. The van der Waals surface area contributed by atoms with Gasteiger partial charge in [-0.2, -0.15) is 5.10 Å². The molecule has 6 nitrogen and oxygen atoms in total. The Morgan fingerprint density at radius 2 is 2.07 bits per heavy atom. The zero-order valence-electron chi connectivity index (χ0n) is 15.0. The van der Waals surface area contributed by atoms with Crippen molar-refractivity contribution in [2.45, 2.75) is 6.92 Å². The van der Waals surface area contributed by atoms with Crippen LogP contribution in [0.15, 0.2) is 53.6 Å². The molecule has 27 heavy (non-hydrogen) atoms. The number of hydrogen-bond acceptors (Lipinski definition) is 5. The fourth-order valence-corrected chi connectivity index (χ4v) is 2.73.